The molecule has 0 radical (unpaired) electrons. The van der Waals surface area contributed by atoms with E-state index in [2.05, 4.69) is 4.72 Å². The minimum absolute atomic E-state index is 0.134. The largest absolute Gasteiger partial charge is 0.472 e. The van der Waals surface area contributed by atoms with Gasteiger partial charge in [0.2, 0.25) is 15.9 Å². The van der Waals surface area contributed by atoms with Crippen molar-refractivity contribution in [2.75, 3.05) is 18.0 Å². The van der Waals surface area contributed by atoms with Gasteiger partial charge in [0.05, 0.1) is 23.1 Å². The molecule has 6 nitrogen and oxygen atoms in total. The van der Waals surface area contributed by atoms with Crippen molar-refractivity contribution in [1.82, 2.24) is 4.72 Å². The number of anilines is 1. The van der Waals surface area contributed by atoms with E-state index in [1.165, 1.54) is 0 Å². The molecule has 126 valence electrons. The summed E-state index contributed by atoms with van der Waals surface area (Å²) in [5.41, 5.74) is 3.80. The van der Waals surface area contributed by atoms with Crippen molar-refractivity contribution in [3.05, 3.63) is 47.4 Å². The van der Waals surface area contributed by atoms with Gasteiger partial charge in [-0.3, -0.25) is 4.79 Å². The Kier molecular flexibility index (Phi) is 3.69. The van der Waals surface area contributed by atoms with Gasteiger partial charge in [-0.25, -0.2) is 13.1 Å². The van der Waals surface area contributed by atoms with Crippen LogP contribution in [0.25, 0.3) is 0 Å². The van der Waals surface area contributed by atoms with Gasteiger partial charge < -0.3 is 9.32 Å². The van der Waals surface area contributed by atoms with Crippen LogP contribution in [0.15, 0.2) is 40.0 Å². The second-order valence-corrected chi connectivity index (χ2v) is 7.93. The number of hydrogen-bond acceptors (Lipinski definition) is 4. The lowest BCUT2D eigenvalue weighted by molar-refractivity contribution is -0.118. The maximum absolute atomic E-state index is 12.6. The Bertz CT molecular complexity index is 888. The van der Waals surface area contributed by atoms with Crippen LogP contribution >= 0.6 is 0 Å². The van der Waals surface area contributed by atoms with E-state index in [4.69, 9.17) is 4.42 Å². The van der Waals surface area contributed by atoms with Crippen LogP contribution in [0.5, 0.6) is 0 Å². The highest BCUT2D eigenvalue weighted by Gasteiger charge is 2.32. The molecule has 3 heterocycles. The molecule has 2 aliphatic heterocycles. The Morgan fingerprint density at radius 2 is 1.96 bits per heavy atom. The maximum atomic E-state index is 12.6. The smallest absolute Gasteiger partial charge is 0.240 e. The van der Waals surface area contributed by atoms with Crippen molar-refractivity contribution in [1.29, 1.82) is 0 Å². The summed E-state index contributed by atoms with van der Waals surface area (Å²) in [6.45, 7) is 0.970. The van der Waals surface area contributed by atoms with Crippen molar-refractivity contribution in [3.63, 3.8) is 0 Å². The van der Waals surface area contributed by atoms with E-state index >= 15 is 0 Å². The Morgan fingerprint density at radius 3 is 2.71 bits per heavy atom. The molecule has 2 aromatic rings. The first-order valence-electron chi connectivity index (χ1n) is 8.01. The van der Waals surface area contributed by atoms with Crippen LogP contribution in [-0.2, 0) is 34.1 Å². The number of nitrogens with zero attached hydrogens (tertiary/aromatic N) is 1. The maximum Gasteiger partial charge on any atom is 0.240 e. The fourth-order valence-corrected chi connectivity index (χ4v) is 4.56. The molecule has 0 aliphatic carbocycles. The molecule has 0 atom stereocenters. The highest BCUT2D eigenvalue weighted by Crippen LogP contribution is 2.38. The van der Waals surface area contributed by atoms with Gasteiger partial charge in [-0.2, -0.15) is 0 Å². The zero-order valence-corrected chi connectivity index (χ0v) is 13.9. The quantitative estimate of drug-likeness (QED) is 0.892. The van der Waals surface area contributed by atoms with E-state index in [1.54, 1.807) is 29.6 Å². The Morgan fingerprint density at radius 1 is 1.17 bits per heavy atom. The number of hydrogen-bond donors (Lipinski definition) is 1. The summed E-state index contributed by atoms with van der Waals surface area (Å²) < 4.78 is 32.8. The average molecular weight is 346 g/mol. The zero-order chi connectivity index (χ0) is 16.7. The van der Waals surface area contributed by atoms with Crippen LogP contribution in [0.3, 0.4) is 0 Å². The second kappa shape index (κ2) is 5.75. The summed E-state index contributed by atoms with van der Waals surface area (Å²) in [4.78, 5) is 14.0. The number of carbonyl (C=O) groups is 1. The molecule has 0 saturated carbocycles. The third-order valence-corrected chi connectivity index (χ3v) is 6.06. The third kappa shape index (κ3) is 2.63. The molecule has 1 aromatic heterocycles. The Balaban J connectivity index is 1.57. The lowest BCUT2D eigenvalue weighted by atomic mass is 10.00. The summed E-state index contributed by atoms with van der Waals surface area (Å²) >= 11 is 0. The number of furan rings is 1. The molecule has 0 bridgehead atoms. The summed E-state index contributed by atoms with van der Waals surface area (Å²) in [7, 11) is -3.56. The van der Waals surface area contributed by atoms with Crippen LogP contribution in [0.2, 0.25) is 0 Å². The first-order chi connectivity index (χ1) is 11.5. The van der Waals surface area contributed by atoms with Crippen molar-refractivity contribution in [3.8, 4) is 0 Å². The number of benzene rings is 1. The van der Waals surface area contributed by atoms with Gasteiger partial charge in [0.15, 0.2) is 0 Å². The van der Waals surface area contributed by atoms with E-state index in [0.29, 0.717) is 43.7 Å². The number of rotatable bonds is 5. The minimum atomic E-state index is -3.56. The average Bonchev–Trinajstić information content (AvgIpc) is 3.21. The monoisotopic (exact) mass is 346 g/mol. The van der Waals surface area contributed by atoms with Gasteiger partial charge in [0.25, 0.3) is 0 Å². The summed E-state index contributed by atoms with van der Waals surface area (Å²) in [6.07, 6.45) is 5.53. The molecular weight excluding hydrogens is 328 g/mol. The summed E-state index contributed by atoms with van der Waals surface area (Å²) in [6, 6.07) is 5.24. The van der Waals surface area contributed by atoms with Crippen LogP contribution in [0, 0.1) is 0 Å². The van der Waals surface area contributed by atoms with Gasteiger partial charge in [-0.1, -0.05) is 0 Å². The second-order valence-electron chi connectivity index (χ2n) is 6.16. The van der Waals surface area contributed by atoms with E-state index < -0.39 is 10.0 Å². The van der Waals surface area contributed by atoms with E-state index in [-0.39, 0.29) is 5.91 Å². The molecule has 2 aliphatic rings. The molecule has 24 heavy (non-hydrogen) atoms. The van der Waals surface area contributed by atoms with Gasteiger partial charge in [-0.15, -0.1) is 0 Å². The fourth-order valence-electron chi connectivity index (χ4n) is 3.43. The molecule has 0 fully saturated rings. The zero-order valence-electron chi connectivity index (χ0n) is 13.1. The van der Waals surface area contributed by atoms with Crippen molar-refractivity contribution < 1.29 is 17.6 Å². The molecular formula is C17H18N2O4S. The molecule has 0 spiro atoms. The molecule has 0 unspecified atom stereocenters. The van der Waals surface area contributed by atoms with E-state index in [1.807, 2.05) is 6.07 Å². The Hall–Kier alpha value is -2.12. The number of sulfonamides is 1. The standard InChI is InChI=1S/C17H18N2O4S/c20-16-2-1-13-9-15(10-14-4-7-19(16)17(13)14)24(21,22)18-6-3-12-5-8-23-11-12/h5,8-11,18H,1-4,6-7H2. The van der Waals surface area contributed by atoms with Gasteiger partial charge in [0.1, 0.15) is 0 Å². The van der Waals surface area contributed by atoms with Crippen LogP contribution in [-0.4, -0.2) is 27.4 Å². The van der Waals surface area contributed by atoms with Crippen molar-refractivity contribution >= 4 is 21.6 Å². The first kappa shape index (κ1) is 15.4. The molecule has 1 amide bonds. The number of carbonyl (C=O) groups excluding carboxylic acids is 1. The van der Waals surface area contributed by atoms with Crippen LogP contribution in [0.4, 0.5) is 5.69 Å². The van der Waals surface area contributed by atoms with Crippen molar-refractivity contribution in [2.24, 2.45) is 0 Å². The predicted octanol–water partition coefficient (Wildman–Crippen LogP) is 1.64. The molecule has 0 saturated heterocycles. The predicted molar refractivity (Wildman–Crippen MR) is 88.4 cm³/mol. The van der Waals surface area contributed by atoms with Gasteiger partial charge in [-0.05, 0) is 54.2 Å². The first-order valence-corrected chi connectivity index (χ1v) is 9.50. The van der Waals surface area contributed by atoms with Crippen LogP contribution in [0.1, 0.15) is 23.1 Å². The number of amides is 1. The SMILES string of the molecule is O=C1CCc2cc(S(=O)(=O)NCCc3ccoc3)cc3c2N1CC3. The lowest BCUT2D eigenvalue weighted by Gasteiger charge is -2.25. The number of aryl methyl sites for hydroxylation is 1. The highest BCUT2D eigenvalue weighted by atomic mass is 32.2. The number of nitrogens with one attached hydrogen (secondary N) is 1. The van der Waals surface area contributed by atoms with Gasteiger partial charge in [0, 0.05) is 19.5 Å². The lowest BCUT2D eigenvalue weighted by Crippen LogP contribution is -2.33. The molecule has 4 rings (SSSR count). The summed E-state index contributed by atoms with van der Waals surface area (Å²) in [5.74, 6) is 0.134. The van der Waals surface area contributed by atoms with E-state index in [9.17, 15) is 13.2 Å². The third-order valence-electron chi connectivity index (χ3n) is 4.62. The minimum Gasteiger partial charge on any atom is -0.472 e. The highest BCUT2D eigenvalue weighted by molar-refractivity contribution is 7.89. The van der Waals surface area contributed by atoms with Gasteiger partial charge >= 0.3 is 0 Å². The Labute approximate surface area is 140 Å². The molecule has 1 N–H and O–H groups in total. The van der Waals surface area contributed by atoms with Crippen LogP contribution < -0.4 is 9.62 Å². The summed E-state index contributed by atoms with van der Waals surface area (Å²) in [5, 5.41) is 0. The normalized spacial score (nSPS) is 16.5. The fraction of sp³-hybridized carbons (Fsp3) is 0.353. The topological polar surface area (TPSA) is 79.6 Å². The molecule has 1 aromatic carbocycles. The van der Waals surface area contributed by atoms with Crippen molar-refractivity contribution in [2.45, 2.75) is 30.6 Å². The van der Waals surface area contributed by atoms with E-state index in [0.717, 1.165) is 22.4 Å². The molecule has 7 heteroatoms.